The van der Waals surface area contributed by atoms with E-state index in [-0.39, 0.29) is 18.0 Å². The summed E-state index contributed by atoms with van der Waals surface area (Å²) >= 11 is 3.44. The maximum Gasteiger partial charge on any atom is 0.268 e. The van der Waals surface area contributed by atoms with Crippen LogP contribution in [0.4, 0.5) is 0 Å². The number of amides is 1. The molecule has 0 aliphatic heterocycles. The lowest BCUT2D eigenvalue weighted by atomic mass is 10.1. The summed E-state index contributed by atoms with van der Waals surface area (Å²) in [6, 6.07) is 2.40. The molecule has 1 heterocycles. The van der Waals surface area contributed by atoms with Gasteiger partial charge in [0.1, 0.15) is 5.69 Å². The Hall–Kier alpha value is -0.770. The Morgan fingerprint density at radius 3 is 2.60 bits per heavy atom. The Bertz CT molecular complexity index is 426. The Kier molecular flexibility index (Phi) is 7.35. The minimum absolute atomic E-state index is 0.0207. The van der Waals surface area contributed by atoms with Crippen molar-refractivity contribution in [2.24, 2.45) is 0 Å². The SMILES string of the molecule is CCCCCCC(C)NC(=O)c1cc(Br)cn1C(C)C. The number of nitrogens with one attached hydrogen (secondary N) is 1. The number of hydrogen-bond acceptors (Lipinski definition) is 1. The molecule has 3 nitrogen and oxygen atoms in total. The lowest BCUT2D eigenvalue weighted by Crippen LogP contribution is -2.34. The second kappa shape index (κ2) is 8.50. The zero-order valence-corrected chi connectivity index (χ0v) is 14.7. The predicted molar refractivity (Wildman–Crippen MR) is 88.2 cm³/mol. The predicted octanol–water partition coefficient (Wildman–Crippen LogP) is 4.92. The highest BCUT2D eigenvalue weighted by Crippen LogP contribution is 2.19. The van der Waals surface area contributed by atoms with Crippen LogP contribution in [0, 0.1) is 0 Å². The first-order valence-electron chi connectivity index (χ1n) is 7.64. The molecule has 0 aliphatic rings. The van der Waals surface area contributed by atoms with Crippen LogP contribution in [0.2, 0.25) is 0 Å². The molecule has 1 rings (SSSR count). The van der Waals surface area contributed by atoms with Crippen molar-refractivity contribution in [2.45, 2.75) is 71.9 Å². The van der Waals surface area contributed by atoms with Crippen LogP contribution >= 0.6 is 15.9 Å². The third kappa shape index (κ3) is 5.31. The molecule has 1 aromatic heterocycles. The van der Waals surface area contributed by atoms with Crippen LogP contribution < -0.4 is 5.32 Å². The van der Waals surface area contributed by atoms with Gasteiger partial charge < -0.3 is 9.88 Å². The molecular formula is C16H27BrN2O. The minimum Gasteiger partial charge on any atom is -0.348 e. The van der Waals surface area contributed by atoms with E-state index >= 15 is 0 Å². The molecule has 0 aromatic carbocycles. The molecule has 1 N–H and O–H groups in total. The molecule has 0 fully saturated rings. The number of halogens is 1. The van der Waals surface area contributed by atoms with Crippen LogP contribution in [0.3, 0.4) is 0 Å². The number of carbonyl (C=O) groups excluding carboxylic acids is 1. The Morgan fingerprint density at radius 1 is 1.30 bits per heavy atom. The largest absolute Gasteiger partial charge is 0.348 e. The van der Waals surface area contributed by atoms with Crippen molar-refractivity contribution in [3.8, 4) is 0 Å². The number of hydrogen-bond donors (Lipinski definition) is 1. The molecule has 0 saturated carbocycles. The zero-order valence-electron chi connectivity index (χ0n) is 13.1. The number of nitrogens with zero attached hydrogens (tertiary/aromatic N) is 1. The van der Waals surface area contributed by atoms with E-state index < -0.39 is 0 Å². The summed E-state index contributed by atoms with van der Waals surface area (Å²) in [6.07, 6.45) is 7.98. The van der Waals surface area contributed by atoms with E-state index in [9.17, 15) is 4.79 Å². The molecular weight excluding hydrogens is 316 g/mol. The van der Waals surface area contributed by atoms with E-state index in [0.717, 1.165) is 16.6 Å². The number of unbranched alkanes of at least 4 members (excludes halogenated alkanes) is 3. The van der Waals surface area contributed by atoms with E-state index in [2.05, 4.69) is 48.9 Å². The summed E-state index contributed by atoms with van der Waals surface area (Å²) in [6.45, 7) is 8.46. The van der Waals surface area contributed by atoms with Gasteiger partial charge in [-0.15, -0.1) is 0 Å². The topological polar surface area (TPSA) is 34.0 Å². The van der Waals surface area contributed by atoms with Crippen LogP contribution in [0.25, 0.3) is 0 Å². The first-order chi connectivity index (χ1) is 9.45. The van der Waals surface area contributed by atoms with Gasteiger partial charge in [-0.2, -0.15) is 0 Å². The highest BCUT2D eigenvalue weighted by molar-refractivity contribution is 9.10. The van der Waals surface area contributed by atoms with Gasteiger partial charge in [0.15, 0.2) is 0 Å². The van der Waals surface area contributed by atoms with Crippen LogP contribution in [-0.2, 0) is 0 Å². The maximum atomic E-state index is 12.3. The van der Waals surface area contributed by atoms with Gasteiger partial charge in [0.2, 0.25) is 0 Å². The molecule has 1 amide bonds. The quantitative estimate of drug-likeness (QED) is 0.668. The fourth-order valence-electron chi connectivity index (χ4n) is 2.30. The maximum absolute atomic E-state index is 12.3. The average molecular weight is 343 g/mol. The van der Waals surface area contributed by atoms with E-state index in [1.807, 2.05) is 16.8 Å². The van der Waals surface area contributed by atoms with Gasteiger partial charge in [0, 0.05) is 22.8 Å². The molecule has 1 aromatic rings. The van der Waals surface area contributed by atoms with Gasteiger partial charge >= 0.3 is 0 Å². The molecule has 114 valence electrons. The zero-order chi connectivity index (χ0) is 15.1. The van der Waals surface area contributed by atoms with Crippen molar-refractivity contribution >= 4 is 21.8 Å². The van der Waals surface area contributed by atoms with Crippen molar-refractivity contribution in [3.05, 3.63) is 22.4 Å². The first-order valence-corrected chi connectivity index (χ1v) is 8.43. The normalized spacial score (nSPS) is 12.7. The number of carbonyl (C=O) groups is 1. The van der Waals surface area contributed by atoms with E-state index in [4.69, 9.17) is 0 Å². The fraction of sp³-hybridized carbons (Fsp3) is 0.688. The third-order valence-electron chi connectivity index (χ3n) is 3.47. The summed E-state index contributed by atoms with van der Waals surface area (Å²) in [5, 5.41) is 3.10. The third-order valence-corrected chi connectivity index (χ3v) is 3.91. The first kappa shape index (κ1) is 17.3. The van der Waals surface area contributed by atoms with E-state index in [1.54, 1.807) is 0 Å². The Morgan fingerprint density at radius 2 is 2.00 bits per heavy atom. The fourth-order valence-corrected chi connectivity index (χ4v) is 2.74. The minimum atomic E-state index is 0.0207. The summed E-state index contributed by atoms with van der Waals surface area (Å²) in [4.78, 5) is 12.3. The van der Waals surface area contributed by atoms with Crippen molar-refractivity contribution in [3.63, 3.8) is 0 Å². The van der Waals surface area contributed by atoms with Gasteiger partial charge in [0.05, 0.1) is 0 Å². The molecule has 0 bridgehead atoms. The molecule has 1 unspecified atom stereocenters. The van der Waals surface area contributed by atoms with Crippen molar-refractivity contribution in [1.82, 2.24) is 9.88 Å². The molecule has 4 heteroatoms. The van der Waals surface area contributed by atoms with Crippen molar-refractivity contribution in [2.75, 3.05) is 0 Å². The van der Waals surface area contributed by atoms with Crippen LogP contribution in [-0.4, -0.2) is 16.5 Å². The highest BCUT2D eigenvalue weighted by Gasteiger charge is 2.16. The molecule has 0 aliphatic carbocycles. The Labute approximate surface area is 131 Å². The summed E-state index contributed by atoms with van der Waals surface area (Å²) in [7, 11) is 0. The standard InChI is InChI=1S/C16H27BrN2O/c1-5-6-7-8-9-13(4)18-16(20)15-10-14(17)11-19(15)12(2)3/h10-13H,5-9H2,1-4H3,(H,18,20). The second-order valence-corrected chi connectivity index (χ2v) is 6.68. The van der Waals surface area contributed by atoms with Gasteiger partial charge in [-0.25, -0.2) is 0 Å². The van der Waals surface area contributed by atoms with E-state index in [0.29, 0.717) is 0 Å². The van der Waals surface area contributed by atoms with Crippen LogP contribution in [0.5, 0.6) is 0 Å². The van der Waals surface area contributed by atoms with Crippen LogP contribution in [0.1, 0.15) is 76.3 Å². The van der Waals surface area contributed by atoms with Crippen LogP contribution in [0.15, 0.2) is 16.7 Å². The highest BCUT2D eigenvalue weighted by atomic mass is 79.9. The molecule has 0 saturated heterocycles. The number of rotatable bonds is 8. The molecule has 1 atom stereocenters. The molecule has 0 radical (unpaired) electrons. The second-order valence-electron chi connectivity index (χ2n) is 5.77. The van der Waals surface area contributed by atoms with Gasteiger partial charge in [-0.3, -0.25) is 4.79 Å². The summed E-state index contributed by atoms with van der Waals surface area (Å²) in [5.74, 6) is 0.0207. The monoisotopic (exact) mass is 342 g/mol. The van der Waals surface area contributed by atoms with Crippen molar-refractivity contribution in [1.29, 1.82) is 0 Å². The van der Waals surface area contributed by atoms with E-state index in [1.165, 1.54) is 25.7 Å². The van der Waals surface area contributed by atoms with Gasteiger partial charge in [-0.05, 0) is 49.2 Å². The summed E-state index contributed by atoms with van der Waals surface area (Å²) in [5.41, 5.74) is 0.729. The molecule has 20 heavy (non-hydrogen) atoms. The lowest BCUT2D eigenvalue weighted by Gasteiger charge is -2.16. The lowest BCUT2D eigenvalue weighted by molar-refractivity contribution is 0.0927. The van der Waals surface area contributed by atoms with Gasteiger partial charge in [0.25, 0.3) is 5.91 Å². The Balaban J connectivity index is 2.53. The summed E-state index contributed by atoms with van der Waals surface area (Å²) < 4.78 is 2.95. The molecule has 0 spiro atoms. The van der Waals surface area contributed by atoms with Gasteiger partial charge in [-0.1, -0.05) is 32.6 Å². The van der Waals surface area contributed by atoms with Crippen molar-refractivity contribution < 1.29 is 4.79 Å². The smallest absolute Gasteiger partial charge is 0.268 e. The number of aromatic nitrogens is 1. The average Bonchev–Trinajstić information content (AvgIpc) is 2.77.